The van der Waals surface area contributed by atoms with Gasteiger partial charge in [-0.1, -0.05) is 24.0 Å². The van der Waals surface area contributed by atoms with Crippen molar-refractivity contribution in [3.63, 3.8) is 0 Å². The average Bonchev–Trinajstić information content (AvgIpc) is 2.82. The van der Waals surface area contributed by atoms with Crippen molar-refractivity contribution in [1.82, 2.24) is 10.4 Å². The first-order valence-electron chi connectivity index (χ1n) is 10.5. The van der Waals surface area contributed by atoms with Gasteiger partial charge in [0.1, 0.15) is 0 Å². The third-order valence-electron chi connectivity index (χ3n) is 5.29. The van der Waals surface area contributed by atoms with E-state index in [9.17, 15) is 14.1 Å². The molecule has 1 fully saturated rings. The van der Waals surface area contributed by atoms with Crippen LogP contribution in [-0.4, -0.2) is 63.5 Å². The number of aliphatic hydroxyl groups is 1. The normalized spacial score (nSPS) is 17.0. The summed E-state index contributed by atoms with van der Waals surface area (Å²) in [6, 6.07) is 15.1. The minimum absolute atomic E-state index is 0.0914. The van der Waals surface area contributed by atoms with Gasteiger partial charge in [-0.05, 0) is 48.9 Å². The van der Waals surface area contributed by atoms with Crippen molar-refractivity contribution in [3.05, 3.63) is 65.2 Å². The molecule has 1 aliphatic heterocycles. The molecule has 2 aromatic rings. The molecule has 1 unspecified atom stereocenters. The number of morpholine rings is 1. The molecule has 0 spiro atoms. The summed E-state index contributed by atoms with van der Waals surface area (Å²) in [6.45, 7) is 5.81. The summed E-state index contributed by atoms with van der Waals surface area (Å²) in [4.78, 5) is 14.5. The molecule has 1 saturated heterocycles. The lowest BCUT2D eigenvalue weighted by molar-refractivity contribution is -0.135. The summed E-state index contributed by atoms with van der Waals surface area (Å²) in [5, 5.41) is 18.5. The van der Waals surface area contributed by atoms with E-state index in [0.29, 0.717) is 4.90 Å². The number of hydrogen-bond acceptors (Lipinski definition) is 6. The average molecular weight is 457 g/mol. The third-order valence-corrected chi connectivity index (χ3v) is 6.75. The van der Waals surface area contributed by atoms with Crippen molar-refractivity contribution in [2.45, 2.75) is 24.5 Å². The zero-order valence-electron chi connectivity index (χ0n) is 18.0. The van der Waals surface area contributed by atoms with Crippen molar-refractivity contribution in [2.24, 2.45) is 5.92 Å². The predicted octanol–water partition coefficient (Wildman–Crippen LogP) is 1.53. The maximum Gasteiger partial charge on any atom is 0.249 e. The van der Waals surface area contributed by atoms with Crippen LogP contribution in [0.1, 0.15) is 23.6 Å². The van der Waals surface area contributed by atoms with Gasteiger partial charge in [-0.3, -0.25) is 19.1 Å². The highest BCUT2D eigenvalue weighted by molar-refractivity contribution is 7.85. The van der Waals surface area contributed by atoms with E-state index < -0.39 is 28.7 Å². The van der Waals surface area contributed by atoms with Crippen molar-refractivity contribution >= 4 is 16.7 Å². The molecule has 3 atom stereocenters. The van der Waals surface area contributed by atoms with Crippen LogP contribution in [0.15, 0.2) is 53.4 Å². The number of carbonyl (C=O) groups is 1. The molecule has 1 aliphatic rings. The first-order valence-corrected chi connectivity index (χ1v) is 11.8. The van der Waals surface area contributed by atoms with Gasteiger partial charge in [-0.15, -0.1) is 0 Å². The lowest BCUT2D eigenvalue weighted by Crippen LogP contribution is -2.38. The molecule has 3 rings (SSSR count). The maximum atomic E-state index is 12.5. The number of hydrogen-bond donors (Lipinski definition) is 3. The van der Waals surface area contributed by atoms with E-state index in [1.54, 1.807) is 24.3 Å². The molecule has 3 N–H and O–H groups in total. The molecule has 32 heavy (non-hydrogen) atoms. The molecule has 7 nitrogen and oxygen atoms in total. The van der Waals surface area contributed by atoms with Crippen LogP contribution in [0.4, 0.5) is 0 Å². The zero-order chi connectivity index (χ0) is 22.9. The van der Waals surface area contributed by atoms with Gasteiger partial charge in [0.15, 0.2) is 0 Å². The fourth-order valence-corrected chi connectivity index (χ4v) is 4.71. The maximum absolute atomic E-state index is 12.5. The standard InChI is InChI=1S/C24H28N2O5S/c1-18(27)23(24(28)25-29)17-32(30)22-10-8-20(9-11-22)3-2-19-4-6-21(7-5-19)16-26-12-14-31-15-13-26/h4-11,18,23,27,29H,12-17H2,1H3,(H,25,28)/t18-,23+,32?/m1/s1. The minimum atomic E-state index is -1.50. The van der Waals surface area contributed by atoms with E-state index in [1.807, 2.05) is 12.1 Å². The van der Waals surface area contributed by atoms with Gasteiger partial charge in [0, 0.05) is 41.4 Å². The Morgan fingerprint density at radius 1 is 1.09 bits per heavy atom. The first-order chi connectivity index (χ1) is 15.5. The molecule has 1 amide bonds. The summed E-state index contributed by atoms with van der Waals surface area (Å²) in [6.07, 6.45) is -1.03. The second-order valence-corrected chi connectivity index (χ2v) is 9.19. The Morgan fingerprint density at radius 3 is 2.19 bits per heavy atom. The van der Waals surface area contributed by atoms with Crippen molar-refractivity contribution in [2.75, 3.05) is 32.1 Å². The molecular weight excluding hydrogens is 428 g/mol. The molecule has 0 aliphatic carbocycles. The van der Waals surface area contributed by atoms with Crippen LogP contribution in [0.5, 0.6) is 0 Å². The molecule has 1 heterocycles. The van der Waals surface area contributed by atoms with E-state index in [2.05, 4.69) is 28.9 Å². The quantitative estimate of drug-likeness (QED) is 0.332. The number of carbonyl (C=O) groups excluding carboxylic acids is 1. The predicted molar refractivity (Wildman–Crippen MR) is 121 cm³/mol. The van der Waals surface area contributed by atoms with Crippen LogP contribution >= 0.6 is 0 Å². The third kappa shape index (κ3) is 6.99. The summed E-state index contributed by atoms with van der Waals surface area (Å²) >= 11 is 0. The zero-order valence-corrected chi connectivity index (χ0v) is 18.8. The lowest BCUT2D eigenvalue weighted by Gasteiger charge is -2.26. The second kappa shape index (κ2) is 11.9. The molecule has 0 radical (unpaired) electrons. The highest BCUT2D eigenvalue weighted by Gasteiger charge is 2.26. The van der Waals surface area contributed by atoms with Gasteiger partial charge in [-0.25, -0.2) is 5.48 Å². The van der Waals surface area contributed by atoms with Crippen LogP contribution in [-0.2, 0) is 26.9 Å². The minimum Gasteiger partial charge on any atom is -0.393 e. The Morgan fingerprint density at radius 2 is 1.66 bits per heavy atom. The van der Waals surface area contributed by atoms with Crippen LogP contribution in [0, 0.1) is 17.8 Å². The Balaban J connectivity index is 1.58. The number of nitrogens with zero attached hydrogens (tertiary/aromatic N) is 1. The Bertz CT molecular complexity index is 974. The number of rotatable bonds is 7. The molecular formula is C24H28N2O5S. The van der Waals surface area contributed by atoms with Crippen molar-refractivity contribution in [3.8, 4) is 11.8 Å². The van der Waals surface area contributed by atoms with Crippen LogP contribution in [0.25, 0.3) is 0 Å². The Kier molecular flexibility index (Phi) is 8.97. The summed E-state index contributed by atoms with van der Waals surface area (Å²) < 4.78 is 17.9. The number of amides is 1. The molecule has 2 aromatic carbocycles. The van der Waals surface area contributed by atoms with Crippen LogP contribution in [0.3, 0.4) is 0 Å². The number of hydroxylamine groups is 1. The van der Waals surface area contributed by atoms with E-state index in [-0.39, 0.29) is 5.75 Å². The Labute approximate surface area is 190 Å². The van der Waals surface area contributed by atoms with Gasteiger partial charge < -0.3 is 9.84 Å². The summed E-state index contributed by atoms with van der Waals surface area (Å²) in [7, 11) is -1.50. The van der Waals surface area contributed by atoms with Crippen molar-refractivity contribution in [1.29, 1.82) is 0 Å². The van der Waals surface area contributed by atoms with Gasteiger partial charge in [0.05, 0.1) is 36.0 Å². The highest BCUT2D eigenvalue weighted by Crippen LogP contribution is 2.15. The first kappa shape index (κ1) is 24.1. The summed E-state index contributed by atoms with van der Waals surface area (Å²) in [5.74, 6) is 4.42. The molecule has 0 saturated carbocycles. The molecule has 170 valence electrons. The lowest BCUT2D eigenvalue weighted by atomic mass is 10.1. The largest absolute Gasteiger partial charge is 0.393 e. The highest BCUT2D eigenvalue weighted by atomic mass is 32.2. The number of ether oxygens (including phenoxy) is 1. The smallest absolute Gasteiger partial charge is 0.249 e. The fourth-order valence-electron chi connectivity index (χ4n) is 3.32. The SMILES string of the molecule is C[C@@H](O)[C@H](CS(=O)c1ccc(C#Cc2ccc(CN3CCOCC3)cc2)cc1)C(=O)NO. The van der Waals surface area contributed by atoms with E-state index in [0.717, 1.165) is 44.0 Å². The number of nitrogens with one attached hydrogen (secondary N) is 1. The van der Waals surface area contributed by atoms with E-state index in [1.165, 1.54) is 18.0 Å². The topological polar surface area (TPSA) is 99.1 Å². The number of aliphatic hydroxyl groups excluding tert-OH is 1. The Hall–Kier alpha value is -2.54. The van der Waals surface area contributed by atoms with Crippen LogP contribution in [0.2, 0.25) is 0 Å². The second-order valence-electron chi connectivity index (χ2n) is 7.70. The monoisotopic (exact) mass is 456 g/mol. The van der Waals surface area contributed by atoms with Gasteiger partial charge in [0.25, 0.3) is 0 Å². The van der Waals surface area contributed by atoms with E-state index in [4.69, 9.17) is 9.94 Å². The molecule has 8 heteroatoms. The van der Waals surface area contributed by atoms with Gasteiger partial charge in [0.2, 0.25) is 5.91 Å². The molecule has 0 bridgehead atoms. The number of benzene rings is 2. The fraction of sp³-hybridized carbons (Fsp3) is 0.375. The van der Waals surface area contributed by atoms with Crippen molar-refractivity contribution < 1.29 is 24.1 Å². The molecule has 0 aromatic heterocycles. The summed E-state index contributed by atoms with van der Waals surface area (Å²) in [5.41, 5.74) is 4.45. The van der Waals surface area contributed by atoms with E-state index >= 15 is 0 Å². The van der Waals surface area contributed by atoms with Crippen LogP contribution < -0.4 is 5.48 Å². The van der Waals surface area contributed by atoms with Gasteiger partial charge >= 0.3 is 0 Å². The van der Waals surface area contributed by atoms with Gasteiger partial charge in [-0.2, -0.15) is 0 Å².